The number of hydrogen-bond acceptors (Lipinski definition) is 4. The van der Waals surface area contributed by atoms with E-state index in [1.807, 2.05) is 0 Å². The van der Waals surface area contributed by atoms with E-state index in [1.165, 1.54) is 12.8 Å². The maximum Gasteiger partial charge on any atom is 0.251 e. The average molecular weight is 302 g/mol. The molecule has 1 aromatic heterocycles. The van der Waals surface area contributed by atoms with E-state index in [0.717, 1.165) is 24.0 Å². The summed E-state index contributed by atoms with van der Waals surface area (Å²) in [5, 5.41) is 12.1. The number of carbonyl (C=O) groups excluding carboxylic acids is 1. The first kappa shape index (κ1) is 15.0. The zero-order chi connectivity index (χ0) is 15.5. The summed E-state index contributed by atoms with van der Waals surface area (Å²) < 4.78 is 0. The van der Waals surface area contributed by atoms with Crippen LogP contribution in [0.5, 0.6) is 0 Å². The predicted molar refractivity (Wildman–Crippen MR) is 84.6 cm³/mol. The highest BCUT2D eigenvalue weighted by Crippen LogP contribution is 2.17. The van der Waals surface area contributed by atoms with Crippen LogP contribution in [0.15, 0.2) is 18.2 Å². The molecule has 3 N–H and O–H groups in total. The van der Waals surface area contributed by atoms with Gasteiger partial charge in [0.2, 0.25) is 0 Å². The molecule has 0 radical (unpaired) electrons. The second-order valence-electron chi connectivity index (χ2n) is 5.89. The first-order chi connectivity index (χ1) is 10.7. The van der Waals surface area contributed by atoms with Gasteiger partial charge in [-0.15, -0.1) is 0 Å². The lowest BCUT2D eigenvalue weighted by Gasteiger charge is -2.19. The van der Waals surface area contributed by atoms with E-state index < -0.39 is 0 Å². The third-order valence-electron chi connectivity index (χ3n) is 4.38. The van der Waals surface area contributed by atoms with Gasteiger partial charge >= 0.3 is 0 Å². The highest BCUT2D eigenvalue weighted by Gasteiger charge is 2.20. The number of fused-ring (bicyclic) bond motifs is 1. The highest BCUT2D eigenvalue weighted by molar-refractivity contribution is 5.97. The number of rotatable bonds is 5. The Labute approximate surface area is 129 Å². The van der Waals surface area contributed by atoms with E-state index in [0.29, 0.717) is 24.0 Å². The zero-order valence-electron chi connectivity index (χ0n) is 12.8. The van der Waals surface area contributed by atoms with E-state index in [-0.39, 0.29) is 12.5 Å². The van der Waals surface area contributed by atoms with Gasteiger partial charge in [-0.1, -0.05) is 0 Å². The molecule has 1 aliphatic heterocycles. The minimum Gasteiger partial charge on any atom is -0.388 e. The average Bonchev–Trinajstić information content (AvgIpc) is 3.12. The molecule has 6 heteroatoms. The van der Waals surface area contributed by atoms with Gasteiger partial charge in [-0.2, -0.15) is 0 Å². The number of amides is 1. The van der Waals surface area contributed by atoms with Crippen LogP contribution in [-0.2, 0) is 6.61 Å². The molecular formula is C16H22N4O2. The van der Waals surface area contributed by atoms with Crippen LogP contribution in [0.3, 0.4) is 0 Å². The Morgan fingerprint density at radius 2 is 2.41 bits per heavy atom. The number of imidazole rings is 1. The van der Waals surface area contributed by atoms with Crippen LogP contribution in [0.25, 0.3) is 11.0 Å². The van der Waals surface area contributed by atoms with Crippen molar-refractivity contribution < 1.29 is 9.90 Å². The van der Waals surface area contributed by atoms with Gasteiger partial charge in [0.25, 0.3) is 5.91 Å². The smallest absolute Gasteiger partial charge is 0.251 e. The number of likely N-dealkylation sites (tertiary alicyclic amines) is 1. The Balaban J connectivity index is 1.59. The van der Waals surface area contributed by atoms with Crippen LogP contribution in [0, 0.1) is 0 Å². The number of benzene rings is 1. The van der Waals surface area contributed by atoms with E-state index in [4.69, 9.17) is 5.11 Å². The Morgan fingerprint density at radius 1 is 1.55 bits per heavy atom. The van der Waals surface area contributed by atoms with Crippen LogP contribution in [0.2, 0.25) is 0 Å². The number of aromatic nitrogens is 2. The van der Waals surface area contributed by atoms with Crippen LogP contribution in [-0.4, -0.2) is 52.1 Å². The van der Waals surface area contributed by atoms with Gasteiger partial charge in [0, 0.05) is 18.2 Å². The number of nitrogens with one attached hydrogen (secondary N) is 2. The molecular weight excluding hydrogens is 280 g/mol. The fraction of sp³-hybridized carbons (Fsp3) is 0.500. The van der Waals surface area contributed by atoms with E-state index in [2.05, 4.69) is 27.2 Å². The zero-order valence-corrected chi connectivity index (χ0v) is 12.8. The van der Waals surface area contributed by atoms with Crippen molar-refractivity contribution in [2.45, 2.75) is 31.9 Å². The summed E-state index contributed by atoms with van der Waals surface area (Å²) in [6.07, 6.45) is 3.46. The number of H-pyrrole nitrogens is 1. The molecule has 6 nitrogen and oxygen atoms in total. The first-order valence-corrected chi connectivity index (χ1v) is 7.75. The molecule has 0 saturated carbocycles. The van der Waals surface area contributed by atoms with Gasteiger partial charge in [-0.3, -0.25) is 4.79 Å². The lowest BCUT2D eigenvalue weighted by atomic mass is 10.1. The highest BCUT2D eigenvalue weighted by atomic mass is 16.3. The monoisotopic (exact) mass is 302 g/mol. The molecule has 1 aliphatic rings. The Hall–Kier alpha value is -1.92. The second kappa shape index (κ2) is 6.46. The summed E-state index contributed by atoms with van der Waals surface area (Å²) in [6, 6.07) is 5.92. The van der Waals surface area contributed by atoms with Crippen LogP contribution in [0.1, 0.15) is 35.4 Å². The molecule has 0 spiro atoms. The van der Waals surface area contributed by atoms with Gasteiger partial charge in [-0.25, -0.2) is 4.98 Å². The molecule has 0 bridgehead atoms. The summed E-state index contributed by atoms with van der Waals surface area (Å²) in [6.45, 7) is 1.71. The molecule has 2 heterocycles. The second-order valence-corrected chi connectivity index (χ2v) is 5.89. The topological polar surface area (TPSA) is 81.2 Å². The van der Waals surface area contributed by atoms with Crippen molar-refractivity contribution in [3.8, 4) is 0 Å². The molecule has 1 fully saturated rings. The van der Waals surface area contributed by atoms with Gasteiger partial charge < -0.3 is 20.3 Å². The van der Waals surface area contributed by atoms with Gasteiger partial charge in [-0.05, 0) is 51.1 Å². The number of hydrogen-bond donors (Lipinski definition) is 3. The van der Waals surface area contributed by atoms with E-state index >= 15 is 0 Å². The molecule has 1 aromatic carbocycles. The molecule has 2 aromatic rings. The number of carbonyl (C=O) groups is 1. The van der Waals surface area contributed by atoms with Crippen molar-refractivity contribution in [1.29, 1.82) is 0 Å². The van der Waals surface area contributed by atoms with Gasteiger partial charge in [0.1, 0.15) is 12.4 Å². The van der Waals surface area contributed by atoms with Crippen molar-refractivity contribution in [3.05, 3.63) is 29.6 Å². The quantitative estimate of drug-likeness (QED) is 0.777. The summed E-state index contributed by atoms with van der Waals surface area (Å²) in [5.41, 5.74) is 2.14. The van der Waals surface area contributed by atoms with Crippen LogP contribution in [0.4, 0.5) is 0 Å². The number of aliphatic hydroxyl groups is 1. The molecule has 1 amide bonds. The third-order valence-corrected chi connectivity index (χ3v) is 4.38. The minimum atomic E-state index is -0.134. The first-order valence-electron chi connectivity index (χ1n) is 7.75. The number of aliphatic hydroxyl groups excluding tert-OH is 1. The predicted octanol–water partition coefficient (Wildman–Crippen LogP) is 1.27. The van der Waals surface area contributed by atoms with Crippen molar-refractivity contribution in [3.63, 3.8) is 0 Å². The Kier molecular flexibility index (Phi) is 4.40. The Morgan fingerprint density at radius 3 is 3.14 bits per heavy atom. The van der Waals surface area contributed by atoms with E-state index in [9.17, 15) is 4.79 Å². The maximum absolute atomic E-state index is 12.2. The van der Waals surface area contributed by atoms with Gasteiger partial charge in [0.15, 0.2) is 0 Å². The molecule has 0 aliphatic carbocycles. The van der Waals surface area contributed by atoms with Crippen molar-refractivity contribution in [2.75, 3.05) is 20.1 Å². The van der Waals surface area contributed by atoms with Crippen molar-refractivity contribution in [1.82, 2.24) is 20.2 Å². The minimum absolute atomic E-state index is 0.0669. The molecule has 1 saturated heterocycles. The molecule has 118 valence electrons. The van der Waals surface area contributed by atoms with Crippen molar-refractivity contribution >= 4 is 16.9 Å². The maximum atomic E-state index is 12.2. The molecule has 3 rings (SSSR count). The fourth-order valence-electron chi connectivity index (χ4n) is 3.08. The van der Waals surface area contributed by atoms with Gasteiger partial charge in [0.05, 0.1) is 11.0 Å². The molecule has 22 heavy (non-hydrogen) atoms. The lowest BCUT2D eigenvalue weighted by Crippen LogP contribution is -2.31. The van der Waals surface area contributed by atoms with E-state index in [1.54, 1.807) is 18.2 Å². The lowest BCUT2D eigenvalue weighted by molar-refractivity contribution is 0.0950. The summed E-state index contributed by atoms with van der Waals surface area (Å²) >= 11 is 0. The number of nitrogens with zero attached hydrogens (tertiary/aromatic N) is 2. The normalized spacial score (nSPS) is 18.9. The largest absolute Gasteiger partial charge is 0.388 e. The summed E-state index contributed by atoms with van der Waals surface area (Å²) in [5.74, 6) is 0.444. The third kappa shape index (κ3) is 3.13. The molecule has 0 unspecified atom stereocenters. The summed E-state index contributed by atoms with van der Waals surface area (Å²) in [4.78, 5) is 21.8. The fourth-order valence-corrected chi connectivity index (χ4v) is 3.08. The van der Waals surface area contributed by atoms with Crippen molar-refractivity contribution in [2.24, 2.45) is 0 Å². The SMILES string of the molecule is CN1CCC[C@H]1CCNC(=O)c1ccc2nc(CO)[nH]c2c1. The molecule has 1 atom stereocenters. The van der Waals surface area contributed by atoms with Crippen LogP contribution >= 0.6 is 0 Å². The summed E-state index contributed by atoms with van der Waals surface area (Å²) in [7, 11) is 2.14. The Bertz CT molecular complexity index is 667. The van der Waals surface area contributed by atoms with Crippen LogP contribution < -0.4 is 5.32 Å². The standard InChI is InChI=1S/C16H22N4O2/c1-20-8-2-3-12(20)6-7-17-16(22)11-4-5-13-14(9-11)19-15(10-21)18-13/h4-5,9,12,21H,2-3,6-8,10H2,1H3,(H,17,22)(H,18,19)/t12-/m0/s1. The number of aromatic amines is 1.